The molecule has 0 bridgehead atoms. The Balaban J connectivity index is 1.40. The molecule has 26 heavy (non-hydrogen) atoms. The maximum Gasteiger partial charge on any atom is 0.314 e. The van der Waals surface area contributed by atoms with Gasteiger partial charge in [0.05, 0.1) is 11.1 Å². The summed E-state index contributed by atoms with van der Waals surface area (Å²) in [6.45, 7) is 0.850. The van der Waals surface area contributed by atoms with E-state index in [-0.39, 0.29) is 30.9 Å². The number of halogens is 1. The first-order valence-electron chi connectivity index (χ1n) is 8.27. The van der Waals surface area contributed by atoms with Crippen molar-refractivity contribution in [2.24, 2.45) is 0 Å². The minimum Gasteiger partial charge on any atom is -0.338 e. The summed E-state index contributed by atoms with van der Waals surface area (Å²) in [6, 6.07) is 14.3. The zero-order chi connectivity index (χ0) is 18.5. The van der Waals surface area contributed by atoms with Crippen LogP contribution < -0.4 is 10.6 Å². The van der Waals surface area contributed by atoms with Crippen LogP contribution in [0.2, 0.25) is 0 Å². The highest BCUT2D eigenvalue weighted by Crippen LogP contribution is 2.21. The predicted molar refractivity (Wildman–Crippen MR) is 101 cm³/mol. The first-order valence-corrected chi connectivity index (χ1v) is 9.07. The van der Waals surface area contributed by atoms with Crippen LogP contribution in [-0.2, 0) is 6.42 Å². The molecule has 0 saturated carbocycles. The molecule has 4 amide bonds. The number of benzene rings is 2. The number of nitrogens with one attached hydrogen (secondary N) is 2. The fourth-order valence-electron chi connectivity index (χ4n) is 2.76. The van der Waals surface area contributed by atoms with E-state index in [0.717, 1.165) is 21.4 Å². The van der Waals surface area contributed by atoms with Gasteiger partial charge in [0.25, 0.3) is 11.8 Å². The molecule has 0 unspecified atom stereocenters. The quantitative estimate of drug-likeness (QED) is 0.711. The molecule has 0 aliphatic carbocycles. The summed E-state index contributed by atoms with van der Waals surface area (Å²) in [5.74, 6) is -0.633. The molecule has 7 heteroatoms. The average Bonchev–Trinajstić information content (AvgIpc) is 2.89. The van der Waals surface area contributed by atoms with Crippen LogP contribution in [0.15, 0.2) is 53.0 Å². The number of carbonyl (C=O) groups excluding carboxylic acids is 3. The Morgan fingerprint density at radius 2 is 1.46 bits per heavy atom. The first-order chi connectivity index (χ1) is 12.6. The van der Waals surface area contributed by atoms with E-state index in [0.29, 0.717) is 17.7 Å². The Labute approximate surface area is 159 Å². The zero-order valence-electron chi connectivity index (χ0n) is 14.0. The molecule has 0 spiro atoms. The van der Waals surface area contributed by atoms with Crippen molar-refractivity contribution >= 4 is 33.8 Å². The maximum absolute atomic E-state index is 12.2. The molecule has 0 aromatic heterocycles. The summed E-state index contributed by atoms with van der Waals surface area (Å²) >= 11 is 3.38. The molecular weight excluding hydrogens is 398 g/mol. The van der Waals surface area contributed by atoms with Gasteiger partial charge in [0.15, 0.2) is 0 Å². The highest BCUT2D eigenvalue weighted by atomic mass is 79.9. The van der Waals surface area contributed by atoms with E-state index in [9.17, 15) is 14.4 Å². The van der Waals surface area contributed by atoms with E-state index < -0.39 is 0 Å². The van der Waals surface area contributed by atoms with Gasteiger partial charge >= 0.3 is 6.03 Å². The van der Waals surface area contributed by atoms with Crippen molar-refractivity contribution in [1.82, 2.24) is 15.5 Å². The normalized spacial score (nSPS) is 12.9. The molecule has 2 aromatic carbocycles. The molecule has 2 N–H and O–H groups in total. The number of hydrogen-bond donors (Lipinski definition) is 2. The Bertz CT molecular complexity index is 801. The molecule has 3 rings (SSSR count). The van der Waals surface area contributed by atoms with Crippen molar-refractivity contribution in [3.63, 3.8) is 0 Å². The molecule has 1 aliphatic rings. The molecule has 6 nitrogen and oxygen atoms in total. The lowest BCUT2D eigenvalue weighted by atomic mass is 10.1. The molecule has 0 fully saturated rings. The molecular formula is C19H18BrN3O3. The molecule has 0 atom stereocenters. The third-order valence-electron chi connectivity index (χ3n) is 4.11. The Morgan fingerprint density at radius 1 is 0.885 bits per heavy atom. The summed E-state index contributed by atoms with van der Waals surface area (Å²) in [7, 11) is 0. The summed E-state index contributed by atoms with van der Waals surface area (Å²) in [4.78, 5) is 37.4. The van der Waals surface area contributed by atoms with Crippen LogP contribution in [0.5, 0.6) is 0 Å². The van der Waals surface area contributed by atoms with Gasteiger partial charge in [-0.3, -0.25) is 14.5 Å². The molecule has 0 saturated heterocycles. The van der Waals surface area contributed by atoms with Crippen molar-refractivity contribution in [3.05, 3.63) is 69.7 Å². The lowest BCUT2D eigenvalue weighted by Gasteiger charge is -2.14. The Kier molecular flexibility index (Phi) is 5.68. The Morgan fingerprint density at radius 3 is 2.08 bits per heavy atom. The van der Waals surface area contributed by atoms with E-state index in [4.69, 9.17) is 0 Å². The number of nitrogens with zero attached hydrogens (tertiary/aromatic N) is 1. The molecule has 0 radical (unpaired) electrons. The number of imide groups is 1. The van der Waals surface area contributed by atoms with Gasteiger partial charge in [-0.25, -0.2) is 4.79 Å². The second kappa shape index (κ2) is 8.14. The van der Waals surface area contributed by atoms with Crippen LogP contribution >= 0.6 is 15.9 Å². The van der Waals surface area contributed by atoms with Crippen LogP contribution in [0.3, 0.4) is 0 Å². The number of fused-ring (bicyclic) bond motifs is 1. The van der Waals surface area contributed by atoms with E-state index >= 15 is 0 Å². The van der Waals surface area contributed by atoms with Gasteiger partial charge in [0.2, 0.25) is 0 Å². The number of hydrogen-bond acceptors (Lipinski definition) is 3. The largest absolute Gasteiger partial charge is 0.338 e. The highest BCUT2D eigenvalue weighted by Gasteiger charge is 2.34. The van der Waals surface area contributed by atoms with Gasteiger partial charge in [-0.15, -0.1) is 0 Å². The second-order valence-electron chi connectivity index (χ2n) is 5.87. The molecule has 134 valence electrons. The zero-order valence-corrected chi connectivity index (χ0v) is 15.6. The second-order valence-corrected chi connectivity index (χ2v) is 6.78. The van der Waals surface area contributed by atoms with Gasteiger partial charge in [-0.2, -0.15) is 0 Å². The lowest BCUT2D eigenvalue weighted by Crippen LogP contribution is -2.42. The predicted octanol–water partition coefficient (Wildman–Crippen LogP) is 2.59. The number of carbonyl (C=O) groups is 3. The highest BCUT2D eigenvalue weighted by molar-refractivity contribution is 9.10. The van der Waals surface area contributed by atoms with Crippen LogP contribution in [0, 0.1) is 0 Å². The van der Waals surface area contributed by atoms with Gasteiger partial charge in [0, 0.05) is 24.1 Å². The third kappa shape index (κ3) is 4.11. The van der Waals surface area contributed by atoms with Crippen molar-refractivity contribution in [3.8, 4) is 0 Å². The monoisotopic (exact) mass is 415 g/mol. The third-order valence-corrected chi connectivity index (χ3v) is 4.64. The average molecular weight is 416 g/mol. The van der Waals surface area contributed by atoms with Gasteiger partial charge in [-0.1, -0.05) is 40.2 Å². The van der Waals surface area contributed by atoms with Crippen molar-refractivity contribution in [1.29, 1.82) is 0 Å². The summed E-state index contributed by atoms with van der Waals surface area (Å²) in [5, 5.41) is 5.43. The fourth-order valence-corrected chi connectivity index (χ4v) is 3.02. The SMILES string of the molecule is O=C(NCCc1ccc(Br)cc1)NCCN1C(=O)c2ccccc2C1=O. The van der Waals surface area contributed by atoms with Crippen molar-refractivity contribution in [2.45, 2.75) is 6.42 Å². The summed E-state index contributed by atoms with van der Waals surface area (Å²) in [6.07, 6.45) is 0.721. The lowest BCUT2D eigenvalue weighted by molar-refractivity contribution is 0.0656. The number of amides is 4. The Hall–Kier alpha value is -2.67. The smallest absolute Gasteiger partial charge is 0.314 e. The standard InChI is InChI=1S/C19H18BrN3O3/c20-14-7-5-13(6-8-14)9-10-21-19(26)22-11-12-23-17(24)15-3-1-2-4-16(15)18(23)25/h1-8H,9-12H2,(H2,21,22,26). The minimum absolute atomic E-state index is 0.145. The van der Waals surface area contributed by atoms with Crippen LogP contribution in [0.1, 0.15) is 26.3 Å². The van der Waals surface area contributed by atoms with Crippen LogP contribution in [0.4, 0.5) is 4.79 Å². The van der Waals surface area contributed by atoms with Crippen molar-refractivity contribution < 1.29 is 14.4 Å². The van der Waals surface area contributed by atoms with E-state index in [2.05, 4.69) is 26.6 Å². The maximum atomic E-state index is 12.2. The number of urea groups is 1. The van der Waals surface area contributed by atoms with Gasteiger partial charge < -0.3 is 10.6 Å². The summed E-state index contributed by atoms with van der Waals surface area (Å²) < 4.78 is 1.01. The molecule has 1 aliphatic heterocycles. The van der Waals surface area contributed by atoms with Crippen LogP contribution in [0.25, 0.3) is 0 Å². The van der Waals surface area contributed by atoms with E-state index in [1.807, 2.05) is 24.3 Å². The molecule has 1 heterocycles. The van der Waals surface area contributed by atoms with E-state index in [1.54, 1.807) is 24.3 Å². The molecule has 2 aromatic rings. The van der Waals surface area contributed by atoms with Crippen LogP contribution in [-0.4, -0.2) is 42.4 Å². The fraction of sp³-hybridized carbons (Fsp3) is 0.211. The van der Waals surface area contributed by atoms with Gasteiger partial charge in [0.1, 0.15) is 0 Å². The first kappa shape index (κ1) is 18.1. The minimum atomic E-state index is -0.321. The summed E-state index contributed by atoms with van der Waals surface area (Å²) in [5.41, 5.74) is 1.95. The van der Waals surface area contributed by atoms with Gasteiger partial charge in [-0.05, 0) is 36.2 Å². The number of rotatable bonds is 6. The topological polar surface area (TPSA) is 78.5 Å². The van der Waals surface area contributed by atoms with Crippen molar-refractivity contribution in [2.75, 3.05) is 19.6 Å². The van der Waals surface area contributed by atoms with E-state index in [1.165, 1.54) is 0 Å².